The zero-order valence-corrected chi connectivity index (χ0v) is 16.8. The van der Waals surface area contributed by atoms with Crippen LogP contribution in [-0.4, -0.2) is 23.3 Å². The molecule has 148 valence electrons. The van der Waals surface area contributed by atoms with E-state index in [-0.39, 0.29) is 0 Å². The minimum atomic E-state index is 0.574. The summed E-state index contributed by atoms with van der Waals surface area (Å²) in [6.07, 6.45) is 0. The van der Waals surface area contributed by atoms with Crippen molar-refractivity contribution in [3.63, 3.8) is 0 Å². The van der Waals surface area contributed by atoms with Crippen LogP contribution < -0.4 is 14.8 Å². The van der Waals surface area contributed by atoms with Crippen LogP contribution in [0.5, 0.6) is 11.5 Å². The van der Waals surface area contributed by atoms with Crippen LogP contribution in [0.4, 0.5) is 5.69 Å². The Kier molecular flexibility index (Phi) is 5.66. The van der Waals surface area contributed by atoms with Crippen LogP contribution >= 0.6 is 0 Å². The van der Waals surface area contributed by atoms with Gasteiger partial charge < -0.3 is 19.4 Å². The summed E-state index contributed by atoms with van der Waals surface area (Å²) < 4.78 is 13.6. The van der Waals surface area contributed by atoms with Crippen molar-refractivity contribution in [1.82, 2.24) is 9.55 Å². The molecule has 1 heterocycles. The number of nitrogens with one attached hydrogen (secondary N) is 1. The molecule has 0 atom stereocenters. The molecule has 0 aliphatic rings. The summed E-state index contributed by atoms with van der Waals surface area (Å²) >= 11 is 0. The third-order valence-corrected chi connectivity index (χ3v) is 4.88. The number of anilines is 1. The molecule has 29 heavy (non-hydrogen) atoms. The molecule has 4 rings (SSSR count). The first-order chi connectivity index (χ1) is 14.2. The number of fused-ring (bicyclic) bond motifs is 1. The fourth-order valence-corrected chi connectivity index (χ4v) is 3.36. The van der Waals surface area contributed by atoms with E-state index in [1.807, 2.05) is 54.6 Å². The van der Waals surface area contributed by atoms with E-state index in [0.717, 1.165) is 40.6 Å². The number of aromatic nitrogens is 2. The Morgan fingerprint density at radius 1 is 0.931 bits per heavy atom. The highest BCUT2D eigenvalue weighted by Crippen LogP contribution is 2.24. The van der Waals surface area contributed by atoms with Gasteiger partial charge in [-0.25, -0.2) is 4.98 Å². The first-order valence-electron chi connectivity index (χ1n) is 9.75. The van der Waals surface area contributed by atoms with Gasteiger partial charge in [0.2, 0.25) is 0 Å². The van der Waals surface area contributed by atoms with Gasteiger partial charge in [0.15, 0.2) is 0 Å². The summed E-state index contributed by atoms with van der Waals surface area (Å²) in [5, 5.41) is 3.45. The first kappa shape index (κ1) is 18.9. The lowest BCUT2D eigenvalue weighted by atomic mass is 10.2. The second-order valence-electron chi connectivity index (χ2n) is 6.88. The molecule has 0 saturated heterocycles. The van der Waals surface area contributed by atoms with Crippen molar-refractivity contribution in [2.24, 2.45) is 0 Å². The molecule has 0 unspecified atom stereocenters. The molecule has 4 aromatic rings. The number of para-hydroxylation sites is 4. The summed E-state index contributed by atoms with van der Waals surface area (Å²) in [5.41, 5.74) is 4.27. The van der Waals surface area contributed by atoms with Crippen LogP contribution in [0.3, 0.4) is 0 Å². The van der Waals surface area contributed by atoms with E-state index < -0.39 is 0 Å². The Hall–Kier alpha value is -3.47. The predicted molar refractivity (Wildman–Crippen MR) is 117 cm³/mol. The molecule has 0 saturated carbocycles. The Morgan fingerprint density at radius 2 is 1.69 bits per heavy atom. The van der Waals surface area contributed by atoms with Crippen molar-refractivity contribution in [1.29, 1.82) is 0 Å². The molecule has 0 amide bonds. The highest BCUT2D eigenvalue weighted by Gasteiger charge is 2.11. The summed E-state index contributed by atoms with van der Waals surface area (Å²) in [6, 6.07) is 24.2. The van der Waals surface area contributed by atoms with Gasteiger partial charge in [0.05, 0.1) is 36.9 Å². The van der Waals surface area contributed by atoms with E-state index in [1.165, 1.54) is 5.56 Å². The summed E-state index contributed by atoms with van der Waals surface area (Å²) in [7, 11) is 1.68. The molecular weight excluding hydrogens is 362 g/mol. The number of hydrogen-bond acceptors (Lipinski definition) is 4. The fraction of sp³-hybridized carbons (Fsp3) is 0.208. The lowest BCUT2D eigenvalue weighted by molar-refractivity contribution is 0.298. The van der Waals surface area contributed by atoms with Crippen LogP contribution in [0.2, 0.25) is 0 Å². The molecule has 5 nitrogen and oxygen atoms in total. The van der Waals surface area contributed by atoms with Gasteiger partial charge in [-0.05, 0) is 43.3 Å². The summed E-state index contributed by atoms with van der Waals surface area (Å²) in [6.45, 7) is 3.96. The number of ether oxygens (including phenoxy) is 2. The van der Waals surface area contributed by atoms with Gasteiger partial charge >= 0.3 is 0 Å². The van der Waals surface area contributed by atoms with Crippen LogP contribution in [0.25, 0.3) is 11.0 Å². The molecule has 0 aliphatic heterocycles. The highest BCUT2D eigenvalue weighted by atomic mass is 16.5. The standard InChI is InChI=1S/C24H25N3O2/c1-18-11-13-19(14-12-18)29-16-15-27-22-9-5-3-7-20(22)26-24(27)17-25-21-8-4-6-10-23(21)28-2/h3-14,25H,15-17H2,1-2H3. The van der Waals surface area contributed by atoms with Gasteiger partial charge in [-0.2, -0.15) is 0 Å². The summed E-state index contributed by atoms with van der Waals surface area (Å²) in [4.78, 5) is 4.82. The Labute approximate surface area is 170 Å². The first-order valence-corrected chi connectivity index (χ1v) is 9.75. The van der Waals surface area contributed by atoms with Gasteiger partial charge in [0.1, 0.15) is 23.9 Å². The number of benzene rings is 3. The SMILES string of the molecule is COc1ccccc1NCc1nc2ccccc2n1CCOc1ccc(C)cc1. The second kappa shape index (κ2) is 8.69. The number of aryl methyl sites for hydroxylation is 1. The molecular formula is C24H25N3O2. The topological polar surface area (TPSA) is 48.3 Å². The van der Waals surface area contributed by atoms with E-state index in [1.54, 1.807) is 7.11 Å². The largest absolute Gasteiger partial charge is 0.495 e. The Bertz CT molecular complexity index is 1090. The molecule has 0 spiro atoms. The van der Waals surface area contributed by atoms with Gasteiger partial charge in [0.25, 0.3) is 0 Å². The predicted octanol–water partition coefficient (Wildman–Crippen LogP) is 5.04. The van der Waals surface area contributed by atoms with Crippen molar-refractivity contribution in [3.8, 4) is 11.5 Å². The van der Waals surface area contributed by atoms with E-state index in [4.69, 9.17) is 14.5 Å². The van der Waals surface area contributed by atoms with Crippen molar-refractivity contribution in [3.05, 3.63) is 84.2 Å². The van der Waals surface area contributed by atoms with Crippen molar-refractivity contribution >= 4 is 16.7 Å². The molecule has 0 fully saturated rings. The van der Waals surface area contributed by atoms with Crippen molar-refractivity contribution < 1.29 is 9.47 Å². The van der Waals surface area contributed by atoms with E-state index in [2.05, 4.69) is 35.0 Å². The average molecular weight is 387 g/mol. The quantitative estimate of drug-likeness (QED) is 0.460. The molecule has 3 aromatic carbocycles. The monoisotopic (exact) mass is 387 g/mol. The maximum absolute atomic E-state index is 5.95. The molecule has 0 radical (unpaired) electrons. The fourth-order valence-electron chi connectivity index (χ4n) is 3.36. The minimum absolute atomic E-state index is 0.574. The average Bonchev–Trinajstić information content (AvgIpc) is 3.11. The Morgan fingerprint density at radius 3 is 2.52 bits per heavy atom. The van der Waals surface area contributed by atoms with E-state index in [0.29, 0.717) is 13.2 Å². The second-order valence-corrected chi connectivity index (χ2v) is 6.88. The lowest BCUT2D eigenvalue weighted by Crippen LogP contribution is -2.14. The van der Waals surface area contributed by atoms with Crippen LogP contribution in [0, 0.1) is 6.92 Å². The van der Waals surface area contributed by atoms with Gasteiger partial charge in [-0.1, -0.05) is 42.0 Å². The summed E-state index contributed by atoms with van der Waals surface area (Å²) in [5.74, 6) is 2.66. The maximum Gasteiger partial charge on any atom is 0.141 e. The third-order valence-electron chi connectivity index (χ3n) is 4.88. The minimum Gasteiger partial charge on any atom is -0.495 e. The number of rotatable bonds is 8. The van der Waals surface area contributed by atoms with Crippen molar-refractivity contribution in [2.45, 2.75) is 20.0 Å². The number of methoxy groups -OCH3 is 1. The zero-order valence-electron chi connectivity index (χ0n) is 16.8. The van der Waals surface area contributed by atoms with Crippen LogP contribution in [0.1, 0.15) is 11.4 Å². The number of nitrogens with zero attached hydrogens (tertiary/aromatic N) is 2. The number of hydrogen-bond donors (Lipinski definition) is 1. The van der Waals surface area contributed by atoms with E-state index in [9.17, 15) is 0 Å². The zero-order chi connectivity index (χ0) is 20.1. The van der Waals surface area contributed by atoms with Crippen LogP contribution in [-0.2, 0) is 13.1 Å². The molecule has 0 aliphatic carbocycles. The maximum atomic E-state index is 5.95. The molecule has 1 N–H and O–H groups in total. The van der Waals surface area contributed by atoms with Crippen LogP contribution in [0.15, 0.2) is 72.8 Å². The Balaban J connectivity index is 1.51. The van der Waals surface area contributed by atoms with Gasteiger partial charge in [0, 0.05) is 0 Å². The van der Waals surface area contributed by atoms with Crippen molar-refractivity contribution in [2.75, 3.05) is 19.0 Å². The molecule has 5 heteroatoms. The smallest absolute Gasteiger partial charge is 0.141 e. The third kappa shape index (κ3) is 4.35. The van der Waals surface area contributed by atoms with E-state index >= 15 is 0 Å². The number of imidazole rings is 1. The van der Waals surface area contributed by atoms with Gasteiger partial charge in [-0.15, -0.1) is 0 Å². The highest BCUT2D eigenvalue weighted by molar-refractivity contribution is 5.76. The normalized spacial score (nSPS) is 10.8. The molecule has 0 bridgehead atoms. The molecule has 1 aromatic heterocycles. The van der Waals surface area contributed by atoms with Gasteiger partial charge in [-0.3, -0.25) is 0 Å². The lowest BCUT2D eigenvalue weighted by Gasteiger charge is -2.13.